The number of nitrogens with zero attached hydrogens (tertiary/aromatic N) is 2. The highest BCUT2D eigenvalue weighted by Crippen LogP contribution is 2.23. The Morgan fingerprint density at radius 1 is 1.15 bits per heavy atom. The number of aryl methyl sites for hydroxylation is 2. The zero-order chi connectivity index (χ0) is 14.7. The molecule has 0 radical (unpaired) electrons. The molecule has 0 saturated heterocycles. The second-order valence-electron chi connectivity index (χ2n) is 4.54. The van der Waals surface area contributed by atoms with E-state index in [0.29, 0.717) is 5.69 Å². The molecule has 2 aromatic carbocycles. The summed E-state index contributed by atoms with van der Waals surface area (Å²) in [6.07, 6.45) is 1.67. The van der Waals surface area contributed by atoms with E-state index in [-0.39, 0.29) is 11.4 Å². The third-order valence-corrected chi connectivity index (χ3v) is 2.94. The molecule has 5 heteroatoms. The SMILES string of the molecule is Cc1cc(C=Nc2ccc([N+](=O)[O-])cc2)cc(C)c1O. The first-order chi connectivity index (χ1) is 9.47. The predicted octanol–water partition coefficient (Wildman–Crippen LogP) is 3.67. The molecular weight excluding hydrogens is 256 g/mol. The van der Waals surface area contributed by atoms with Crippen molar-refractivity contribution in [3.63, 3.8) is 0 Å². The van der Waals surface area contributed by atoms with Gasteiger partial charge >= 0.3 is 0 Å². The van der Waals surface area contributed by atoms with Crippen LogP contribution >= 0.6 is 0 Å². The van der Waals surface area contributed by atoms with Crippen molar-refractivity contribution < 1.29 is 10.0 Å². The molecule has 20 heavy (non-hydrogen) atoms. The Morgan fingerprint density at radius 2 is 1.70 bits per heavy atom. The number of aromatic hydroxyl groups is 1. The Balaban J connectivity index is 2.23. The fraction of sp³-hybridized carbons (Fsp3) is 0.133. The molecule has 0 bridgehead atoms. The van der Waals surface area contributed by atoms with E-state index in [9.17, 15) is 15.2 Å². The van der Waals surface area contributed by atoms with Crippen LogP contribution in [0.5, 0.6) is 5.75 Å². The van der Waals surface area contributed by atoms with Crippen LogP contribution in [0, 0.1) is 24.0 Å². The van der Waals surface area contributed by atoms with Crippen LogP contribution in [-0.4, -0.2) is 16.2 Å². The summed E-state index contributed by atoms with van der Waals surface area (Å²) in [6.45, 7) is 3.65. The zero-order valence-electron chi connectivity index (χ0n) is 11.2. The van der Waals surface area contributed by atoms with E-state index in [1.54, 1.807) is 18.3 Å². The molecule has 0 spiro atoms. The Kier molecular flexibility index (Phi) is 3.79. The molecule has 0 heterocycles. The molecule has 2 aromatic rings. The van der Waals surface area contributed by atoms with Crippen molar-refractivity contribution in [2.75, 3.05) is 0 Å². The van der Waals surface area contributed by atoms with Gasteiger partial charge in [-0.3, -0.25) is 15.1 Å². The van der Waals surface area contributed by atoms with Gasteiger partial charge in [-0.05, 0) is 54.8 Å². The van der Waals surface area contributed by atoms with E-state index in [0.717, 1.165) is 16.7 Å². The molecule has 0 aliphatic rings. The highest BCUT2D eigenvalue weighted by Gasteiger charge is 2.04. The monoisotopic (exact) mass is 270 g/mol. The number of non-ortho nitro benzene ring substituents is 1. The molecule has 102 valence electrons. The summed E-state index contributed by atoms with van der Waals surface area (Å²) in [6, 6.07) is 9.68. The van der Waals surface area contributed by atoms with E-state index >= 15 is 0 Å². The number of aliphatic imine (C=N–C) groups is 1. The molecule has 0 amide bonds. The van der Waals surface area contributed by atoms with E-state index in [4.69, 9.17) is 0 Å². The lowest BCUT2D eigenvalue weighted by molar-refractivity contribution is -0.384. The van der Waals surface area contributed by atoms with Crippen LogP contribution in [0.25, 0.3) is 0 Å². The lowest BCUT2D eigenvalue weighted by Crippen LogP contribution is -1.87. The second-order valence-corrected chi connectivity index (χ2v) is 4.54. The number of hydrogen-bond donors (Lipinski definition) is 1. The lowest BCUT2D eigenvalue weighted by Gasteiger charge is -2.04. The van der Waals surface area contributed by atoms with Gasteiger partial charge in [0, 0.05) is 18.3 Å². The molecule has 1 N–H and O–H groups in total. The Morgan fingerprint density at radius 3 is 2.20 bits per heavy atom. The summed E-state index contributed by atoms with van der Waals surface area (Å²) in [5, 5.41) is 20.2. The lowest BCUT2D eigenvalue weighted by atomic mass is 10.1. The standard InChI is InChI=1S/C15H14N2O3/c1-10-7-12(8-11(2)15(10)18)9-16-13-3-5-14(6-4-13)17(19)20/h3-9,18H,1-2H3. The number of phenols is 1. The highest BCUT2D eigenvalue weighted by atomic mass is 16.6. The van der Waals surface area contributed by atoms with Crippen LogP contribution < -0.4 is 0 Å². The van der Waals surface area contributed by atoms with E-state index < -0.39 is 4.92 Å². The summed E-state index contributed by atoms with van der Waals surface area (Å²) in [5.74, 6) is 0.289. The van der Waals surface area contributed by atoms with E-state index in [2.05, 4.69) is 4.99 Å². The van der Waals surface area contributed by atoms with Gasteiger partial charge in [0.25, 0.3) is 5.69 Å². The van der Waals surface area contributed by atoms with Gasteiger partial charge < -0.3 is 5.11 Å². The average molecular weight is 270 g/mol. The van der Waals surface area contributed by atoms with Crippen molar-refractivity contribution in [3.05, 3.63) is 63.2 Å². The maximum absolute atomic E-state index is 10.5. The molecular formula is C15H14N2O3. The van der Waals surface area contributed by atoms with Gasteiger partial charge in [0.2, 0.25) is 0 Å². The van der Waals surface area contributed by atoms with Crippen LogP contribution in [0.4, 0.5) is 11.4 Å². The summed E-state index contributed by atoms with van der Waals surface area (Å²) >= 11 is 0. The number of nitro groups is 1. The molecule has 0 unspecified atom stereocenters. The van der Waals surface area contributed by atoms with Crippen LogP contribution in [0.2, 0.25) is 0 Å². The summed E-state index contributed by atoms with van der Waals surface area (Å²) in [5.41, 5.74) is 3.13. The van der Waals surface area contributed by atoms with Crippen molar-refractivity contribution in [2.45, 2.75) is 13.8 Å². The number of nitro benzene ring substituents is 1. The summed E-state index contributed by atoms with van der Waals surface area (Å²) in [7, 11) is 0. The number of hydrogen-bond acceptors (Lipinski definition) is 4. The Labute approximate surface area is 116 Å². The number of benzene rings is 2. The molecule has 0 fully saturated rings. The van der Waals surface area contributed by atoms with Crippen molar-refractivity contribution in [1.29, 1.82) is 0 Å². The average Bonchev–Trinajstić information content (AvgIpc) is 2.42. The fourth-order valence-electron chi connectivity index (χ4n) is 1.87. The molecule has 0 aliphatic heterocycles. The van der Waals surface area contributed by atoms with Gasteiger partial charge in [-0.15, -0.1) is 0 Å². The quantitative estimate of drug-likeness (QED) is 0.525. The molecule has 0 atom stereocenters. The van der Waals surface area contributed by atoms with Crippen LogP contribution in [0.15, 0.2) is 41.4 Å². The minimum Gasteiger partial charge on any atom is -0.507 e. The first-order valence-corrected chi connectivity index (χ1v) is 6.06. The predicted molar refractivity (Wildman–Crippen MR) is 77.9 cm³/mol. The largest absolute Gasteiger partial charge is 0.507 e. The third kappa shape index (κ3) is 3.00. The number of phenolic OH excluding ortho intramolecular Hbond substituents is 1. The fourth-order valence-corrected chi connectivity index (χ4v) is 1.87. The van der Waals surface area contributed by atoms with Gasteiger partial charge in [0.1, 0.15) is 5.75 Å². The normalized spacial score (nSPS) is 10.9. The Hall–Kier alpha value is -2.69. The van der Waals surface area contributed by atoms with Crippen molar-refractivity contribution in [1.82, 2.24) is 0 Å². The van der Waals surface area contributed by atoms with Gasteiger partial charge in [0.15, 0.2) is 0 Å². The van der Waals surface area contributed by atoms with E-state index in [1.807, 2.05) is 26.0 Å². The number of rotatable bonds is 3. The second kappa shape index (κ2) is 5.52. The topological polar surface area (TPSA) is 75.7 Å². The minimum atomic E-state index is -0.444. The van der Waals surface area contributed by atoms with Crippen molar-refractivity contribution in [3.8, 4) is 5.75 Å². The molecule has 0 saturated carbocycles. The first kappa shape index (κ1) is 13.7. The van der Waals surface area contributed by atoms with Crippen LogP contribution in [0.1, 0.15) is 16.7 Å². The summed E-state index contributed by atoms with van der Waals surface area (Å²) < 4.78 is 0. The van der Waals surface area contributed by atoms with Gasteiger partial charge in [-0.1, -0.05) is 0 Å². The first-order valence-electron chi connectivity index (χ1n) is 6.06. The smallest absolute Gasteiger partial charge is 0.269 e. The van der Waals surface area contributed by atoms with Gasteiger partial charge in [0.05, 0.1) is 10.6 Å². The maximum Gasteiger partial charge on any atom is 0.269 e. The van der Waals surface area contributed by atoms with Gasteiger partial charge in [-0.25, -0.2) is 0 Å². The van der Waals surface area contributed by atoms with Crippen molar-refractivity contribution in [2.24, 2.45) is 4.99 Å². The molecule has 0 aliphatic carbocycles. The third-order valence-electron chi connectivity index (χ3n) is 2.94. The zero-order valence-corrected chi connectivity index (χ0v) is 11.2. The maximum atomic E-state index is 10.5. The van der Waals surface area contributed by atoms with E-state index in [1.165, 1.54) is 12.1 Å². The Bertz CT molecular complexity index is 653. The van der Waals surface area contributed by atoms with Crippen molar-refractivity contribution >= 4 is 17.6 Å². The van der Waals surface area contributed by atoms with Crippen LogP contribution in [-0.2, 0) is 0 Å². The minimum absolute atomic E-state index is 0.0419. The van der Waals surface area contributed by atoms with Gasteiger partial charge in [-0.2, -0.15) is 0 Å². The molecule has 2 rings (SSSR count). The summed E-state index contributed by atoms with van der Waals surface area (Å²) in [4.78, 5) is 14.4. The molecule has 0 aromatic heterocycles. The molecule has 5 nitrogen and oxygen atoms in total. The highest BCUT2D eigenvalue weighted by molar-refractivity contribution is 5.83. The van der Waals surface area contributed by atoms with Crippen LogP contribution in [0.3, 0.4) is 0 Å².